The molecular formula is C8H16O2P2. The first-order chi connectivity index (χ1) is 5.73. The SMILES string of the molecule is CP1CCO[C@@]1(C)C1OCCP1. The van der Waals surface area contributed by atoms with Crippen molar-refractivity contribution in [2.24, 2.45) is 0 Å². The van der Waals surface area contributed by atoms with E-state index in [2.05, 4.69) is 13.6 Å². The first-order valence-electron chi connectivity index (χ1n) is 4.44. The molecule has 70 valence electrons. The van der Waals surface area contributed by atoms with Crippen molar-refractivity contribution in [3.8, 4) is 0 Å². The number of hydrogen-bond donors (Lipinski definition) is 0. The van der Waals surface area contributed by atoms with Crippen molar-refractivity contribution in [2.75, 3.05) is 32.2 Å². The monoisotopic (exact) mass is 206 g/mol. The summed E-state index contributed by atoms with van der Waals surface area (Å²) in [6, 6.07) is 0. The van der Waals surface area contributed by atoms with Crippen molar-refractivity contribution >= 4 is 16.5 Å². The molecule has 0 saturated carbocycles. The Bertz CT molecular complexity index is 170. The average molecular weight is 206 g/mol. The molecule has 2 heterocycles. The van der Waals surface area contributed by atoms with E-state index in [1.165, 1.54) is 12.3 Å². The second-order valence-corrected chi connectivity index (χ2v) is 7.69. The second kappa shape index (κ2) is 3.50. The zero-order chi connectivity index (χ0) is 8.60. The van der Waals surface area contributed by atoms with Gasteiger partial charge >= 0.3 is 0 Å². The highest BCUT2D eigenvalue weighted by Gasteiger charge is 2.45. The lowest BCUT2D eigenvalue weighted by atomic mass is 10.4. The molecule has 0 spiro atoms. The van der Waals surface area contributed by atoms with Crippen LogP contribution in [-0.2, 0) is 9.47 Å². The van der Waals surface area contributed by atoms with Gasteiger partial charge in [-0.05, 0) is 25.9 Å². The van der Waals surface area contributed by atoms with Gasteiger partial charge in [-0.1, -0.05) is 16.5 Å². The third-order valence-electron chi connectivity index (χ3n) is 2.78. The Labute approximate surface area is 76.9 Å². The molecule has 0 aromatic heterocycles. The van der Waals surface area contributed by atoms with E-state index in [-0.39, 0.29) is 13.3 Å². The van der Waals surface area contributed by atoms with E-state index < -0.39 is 0 Å². The molecule has 0 aromatic rings. The van der Waals surface area contributed by atoms with Crippen LogP contribution in [0.4, 0.5) is 0 Å². The molecule has 2 saturated heterocycles. The molecule has 2 fully saturated rings. The lowest BCUT2D eigenvalue weighted by Crippen LogP contribution is -2.33. The van der Waals surface area contributed by atoms with Crippen molar-refractivity contribution < 1.29 is 9.47 Å². The van der Waals surface area contributed by atoms with Crippen LogP contribution in [0.1, 0.15) is 6.92 Å². The van der Waals surface area contributed by atoms with Crippen molar-refractivity contribution in [1.29, 1.82) is 0 Å². The van der Waals surface area contributed by atoms with Gasteiger partial charge in [-0.25, -0.2) is 0 Å². The molecular weight excluding hydrogens is 190 g/mol. The van der Waals surface area contributed by atoms with Gasteiger partial charge in [0, 0.05) is 0 Å². The van der Waals surface area contributed by atoms with Crippen LogP contribution in [0.2, 0.25) is 0 Å². The average Bonchev–Trinajstić information content (AvgIpc) is 2.62. The van der Waals surface area contributed by atoms with Gasteiger partial charge in [-0.2, -0.15) is 0 Å². The zero-order valence-electron chi connectivity index (χ0n) is 7.67. The highest BCUT2D eigenvalue weighted by Crippen LogP contribution is 2.58. The fraction of sp³-hybridized carbons (Fsp3) is 1.00. The van der Waals surface area contributed by atoms with Gasteiger partial charge in [0.2, 0.25) is 0 Å². The van der Waals surface area contributed by atoms with E-state index in [4.69, 9.17) is 9.47 Å². The maximum Gasteiger partial charge on any atom is 0.113 e. The van der Waals surface area contributed by atoms with Gasteiger partial charge in [0.1, 0.15) is 11.2 Å². The van der Waals surface area contributed by atoms with Gasteiger partial charge in [-0.3, -0.25) is 0 Å². The smallest absolute Gasteiger partial charge is 0.113 e. The largest absolute Gasteiger partial charge is 0.370 e. The molecule has 2 nitrogen and oxygen atoms in total. The molecule has 12 heavy (non-hydrogen) atoms. The van der Waals surface area contributed by atoms with Crippen LogP contribution in [0.15, 0.2) is 0 Å². The molecule has 2 rings (SSSR count). The summed E-state index contributed by atoms with van der Waals surface area (Å²) in [5.41, 5.74) is 0. The molecule has 0 radical (unpaired) electrons. The normalized spacial score (nSPS) is 50.5. The maximum atomic E-state index is 5.85. The van der Waals surface area contributed by atoms with Crippen molar-refractivity contribution in [1.82, 2.24) is 0 Å². The Balaban J connectivity index is 2.07. The third-order valence-corrected chi connectivity index (χ3v) is 7.34. The predicted molar refractivity (Wildman–Crippen MR) is 55.0 cm³/mol. The van der Waals surface area contributed by atoms with Crippen LogP contribution in [0.5, 0.6) is 0 Å². The first kappa shape index (κ1) is 9.34. The van der Waals surface area contributed by atoms with Gasteiger partial charge in [0.25, 0.3) is 0 Å². The van der Waals surface area contributed by atoms with Gasteiger partial charge in [0.15, 0.2) is 0 Å². The minimum atomic E-state index is 0.0382. The number of ether oxygens (including phenoxy) is 2. The summed E-state index contributed by atoms with van der Waals surface area (Å²) in [4.78, 5) is 0. The molecule has 4 heteroatoms. The quantitative estimate of drug-likeness (QED) is 0.610. The Morgan fingerprint density at radius 2 is 2.33 bits per heavy atom. The zero-order valence-corrected chi connectivity index (χ0v) is 9.56. The van der Waals surface area contributed by atoms with Crippen molar-refractivity contribution in [2.45, 2.75) is 18.1 Å². The molecule has 2 aliphatic rings. The fourth-order valence-corrected chi connectivity index (χ4v) is 5.49. The Morgan fingerprint density at radius 1 is 1.50 bits per heavy atom. The summed E-state index contributed by atoms with van der Waals surface area (Å²) in [5, 5.41) is 0.0876. The fourth-order valence-electron chi connectivity index (χ4n) is 1.77. The lowest BCUT2D eigenvalue weighted by Gasteiger charge is -2.33. The van der Waals surface area contributed by atoms with Crippen LogP contribution in [-0.4, -0.2) is 43.4 Å². The highest BCUT2D eigenvalue weighted by molar-refractivity contribution is 7.59. The minimum Gasteiger partial charge on any atom is -0.370 e. The third kappa shape index (κ3) is 1.44. The van der Waals surface area contributed by atoms with E-state index in [0.717, 1.165) is 21.8 Å². The van der Waals surface area contributed by atoms with Crippen LogP contribution in [0.25, 0.3) is 0 Å². The van der Waals surface area contributed by atoms with Gasteiger partial charge < -0.3 is 9.47 Å². The topological polar surface area (TPSA) is 18.5 Å². The molecule has 0 N–H and O–H groups in total. The van der Waals surface area contributed by atoms with E-state index in [9.17, 15) is 0 Å². The summed E-state index contributed by atoms with van der Waals surface area (Å²) in [5.74, 6) is 0.413. The standard InChI is InChI=1S/C8H16O2P2/c1-8(7-9-3-5-11-7)10-4-6-12(8)2/h7,11H,3-6H2,1-2H3/t7?,8-,12?/m1/s1. The van der Waals surface area contributed by atoms with Crippen molar-refractivity contribution in [3.05, 3.63) is 0 Å². The molecule has 2 aliphatic heterocycles. The summed E-state index contributed by atoms with van der Waals surface area (Å²) in [6.45, 7) is 6.48. The Morgan fingerprint density at radius 3 is 2.83 bits per heavy atom. The summed E-state index contributed by atoms with van der Waals surface area (Å²) in [6.07, 6.45) is 2.50. The number of rotatable bonds is 1. The second-order valence-electron chi connectivity index (χ2n) is 3.53. The molecule has 0 bridgehead atoms. The van der Waals surface area contributed by atoms with Gasteiger partial charge in [0.05, 0.1) is 13.2 Å². The van der Waals surface area contributed by atoms with Gasteiger partial charge in [-0.15, -0.1) is 0 Å². The van der Waals surface area contributed by atoms with Crippen LogP contribution >= 0.6 is 16.5 Å². The highest BCUT2D eigenvalue weighted by atomic mass is 31.1. The number of hydrogen-bond acceptors (Lipinski definition) is 2. The Kier molecular flexibility index (Phi) is 2.72. The van der Waals surface area contributed by atoms with E-state index in [1.54, 1.807) is 0 Å². The predicted octanol–water partition coefficient (Wildman–Crippen LogP) is 1.88. The van der Waals surface area contributed by atoms with Crippen molar-refractivity contribution in [3.63, 3.8) is 0 Å². The first-order valence-corrected chi connectivity index (χ1v) is 7.69. The Hall–Kier alpha value is 0.780. The van der Waals surface area contributed by atoms with Crippen LogP contribution < -0.4 is 0 Å². The minimum absolute atomic E-state index is 0.0382. The summed E-state index contributed by atoms with van der Waals surface area (Å²) < 4.78 is 11.6. The van der Waals surface area contributed by atoms with E-state index in [0.29, 0.717) is 5.85 Å². The summed E-state index contributed by atoms with van der Waals surface area (Å²) >= 11 is 0. The molecule has 0 aliphatic carbocycles. The lowest BCUT2D eigenvalue weighted by molar-refractivity contribution is -0.0228. The maximum absolute atomic E-state index is 5.85. The molecule has 3 unspecified atom stereocenters. The van der Waals surface area contributed by atoms with Crippen LogP contribution in [0, 0.1) is 0 Å². The molecule has 4 atom stereocenters. The molecule has 0 amide bonds. The van der Waals surface area contributed by atoms with E-state index in [1.807, 2.05) is 0 Å². The molecule has 0 aromatic carbocycles. The summed E-state index contributed by atoms with van der Waals surface area (Å²) in [7, 11) is 0.998. The van der Waals surface area contributed by atoms with Crippen LogP contribution in [0.3, 0.4) is 0 Å². The van der Waals surface area contributed by atoms with E-state index >= 15 is 0 Å².